The third kappa shape index (κ3) is 6.25. The maximum absolute atomic E-state index is 13.8. The maximum atomic E-state index is 13.8. The number of methoxy groups -OCH3 is 1. The molecule has 0 saturated heterocycles. The summed E-state index contributed by atoms with van der Waals surface area (Å²) in [5.41, 5.74) is 10.7. The summed E-state index contributed by atoms with van der Waals surface area (Å²) in [5.74, 6) is -1.14. The number of nitrogens with zero attached hydrogens (tertiary/aromatic N) is 4. The van der Waals surface area contributed by atoms with E-state index in [-0.39, 0.29) is 34.3 Å². The second-order valence-electron chi connectivity index (χ2n) is 11.3. The van der Waals surface area contributed by atoms with Crippen molar-refractivity contribution in [2.45, 2.75) is 50.3 Å². The van der Waals surface area contributed by atoms with Crippen molar-refractivity contribution in [2.75, 3.05) is 23.1 Å². The van der Waals surface area contributed by atoms with E-state index in [2.05, 4.69) is 28.5 Å². The first kappa shape index (κ1) is 31.0. The first-order chi connectivity index (χ1) is 21.0. The third-order valence-electron chi connectivity index (χ3n) is 7.61. The molecule has 0 spiro atoms. The number of aryl methyl sites for hydroxylation is 1. The quantitative estimate of drug-likeness (QED) is 0.240. The molecule has 2 aliphatic rings. The fourth-order valence-electron chi connectivity index (χ4n) is 5.49. The maximum Gasteiger partial charge on any atom is 0.337 e. The van der Waals surface area contributed by atoms with E-state index in [4.69, 9.17) is 10.5 Å². The molecule has 1 aliphatic heterocycles. The molecule has 0 saturated carbocycles. The Kier molecular flexibility index (Phi) is 8.90. The first-order valence-corrected chi connectivity index (χ1v) is 15.8. The van der Waals surface area contributed by atoms with Crippen molar-refractivity contribution in [3.8, 4) is 6.07 Å². The molecule has 0 fully saturated rings. The molecule has 2 aromatic carbocycles. The number of benzene rings is 2. The number of nitrogens with two attached hydrogens (primary N) is 1. The molecule has 226 valence electrons. The van der Waals surface area contributed by atoms with Crippen molar-refractivity contribution in [1.82, 2.24) is 10.2 Å². The van der Waals surface area contributed by atoms with Crippen molar-refractivity contribution in [3.05, 3.63) is 87.9 Å². The summed E-state index contributed by atoms with van der Waals surface area (Å²) in [6.07, 6.45) is 1.75. The Morgan fingerprint density at radius 1 is 1.16 bits per heavy atom. The number of hydrogen-bond donors (Lipinski definition) is 2. The van der Waals surface area contributed by atoms with Crippen LogP contribution in [0, 0.1) is 16.7 Å². The fraction of sp³-hybridized carbons (Fsp3) is 0.312. The molecule has 1 unspecified atom stereocenters. The minimum Gasteiger partial charge on any atom is -0.465 e. The number of nitriles is 1. The van der Waals surface area contributed by atoms with Gasteiger partial charge in [-0.2, -0.15) is 5.26 Å². The van der Waals surface area contributed by atoms with E-state index in [1.54, 1.807) is 29.2 Å². The van der Waals surface area contributed by atoms with E-state index in [0.717, 1.165) is 12.1 Å². The van der Waals surface area contributed by atoms with Crippen LogP contribution >= 0.6 is 23.1 Å². The molecule has 12 heteroatoms. The average Bonchev–Trinajstić information content (AvgIpc) is 3.47. The summed E-state index contributed by atoms with van der Waals surface area (Å²) < 4.78 is 5.36. The van der Waals surface area contributed by atoms with Gasteiger partial charge in [-0.15, -0.1) is 10.2 Å². The van der Waals surface area contributed by atoms with Crippen LogP contribution in [0.3, 0.4) is 0 Å². The van der Waals surface area contributed by atoms with Gasteiger partial charge >= 0.3 is 5.97 Å². The lowest BCUT2D eigenvalue weighted by Gasteiger charge is -2.42. The van der Waals surface area contributed by atoms with E-state index >= 15 is 0 Å². The molecule has 10 nitrogen and oxygen atoms in total. The number of aromatic nitrogens is 2. The minimum atomic E-state index is -0.696. The zero-order chi connectivity index (χ0) is 31.6. The largest absolute Gasteiger partial charge is 0.465 e. The zero-order valence-electron chi connectivity index (χ0n) is 24.8. The van der Waals surface area contributed by atoms with Crippen LogP contribution in [0.25, 0.3) is 0 Å². The number of ether oxygens (including phenoxy) is 1. The highest BCUT2D eigenvalue weighted by molar-refractivity contribution is 8.01. The molecule has 1 aromatic heterocycles. The van der Waals surface area contributed by atoms with E-state index in [0.29, 0.717) is 44.7 Å². The Hall–Kier alpha value is -4.47. The number of ketones is 1. The minimum absolute atomic E-state index is 0.0775. The van der Waals surface area contributed by atoms with Gasteiger partial charge in [-0.1, -0.05) is 68.1 Å². The van der Waals surface area contributed by atoms with Crippen molar-refractivity contribution < 1.29 is 19.1 Å². The average molecular weight is 629 g/mol. The zero-order valence-corrected chi connectivity index (χ0v) is 26.5. The Balaban J connectivity index is 1.44. The van der Waals surface area contributed by atoms with Crippen LogP contribution in [0.5, 0.6) is 0 Å². The normalized spacial score (nSPS) is 17.7. The molecular formula is C32H32N6O4S2. The number of nitrogens with one attached hydrogen (secondary N) is 1. The predicted octanol–water partition coefficient (Wildman–Crippen LogP) is 5.56. The number of rotatable bonds is 8. The van der Waals surface area contributed by atoms with E-state index in [9.17, 15) is 19.6 Å². The summed E-state index contributed by atoms with van der Waals surface area (Å²) in [7, 11) is 1.31. The van der Waals surface area contributed by atoms with Crippen molar-refractivity contribution >= 4 is 51.6 Å². The van der Waals surface area contributed by atoms with Crippen LogP contribution in [0.15, 0.2) is 75.5 Å². The number of carbonyl (C=O) groups is 3. The molecular weight excluding hydrogens is 597 g/mol. The lowest BCUT2D eigenvalue weighted by molar-refractivity contribution is -0.118. The highest BCUT2D eigenvalue weighted by atomic mass is 32.2. The van der Waals surface area contributed by atoms with Gasteiger partial charge in [0.1, 0.15) is 5.82 Å². The van der Waals surface area contributed by atoms with Gasteiger partial charge in [-0.3, -0.25) is 14.5 Å². The van der Waals surface area contributed by atoms with Gasteiger partial charge in [-0.05, 0) is 53.6 Å². The summed E-state index contributed by atoms with van der Waals surface area (Å²) in [6, 6.07) is 16.6. The molecule has 1 aliphatic carbocycles. The van der Waals surface area contributed by atoms with Crippen LogP contribution in [0.2, 0.25) is 0 Å². The number of anilines is 2. The molecule has 0 radical (unpaired) electrons. The summed E-state index contributed by atoms with van der Waals surface area (Å²) >= 11 is 2.48. The molecule has 3 aromatic rings. The smallest absolute Gasteiger partial charge is 0.337 e. The number of Topliss-reactive ketones (excluding diaryl/α,β-unsaturated/α-hetero) is 1. The highest BCUT2D eigenvalue weighted by Crippen LogP contribution is 2.50. The van der Waals surface area contributed by atoms with Gasteiger partial charge in [0.15, 0.2) is 10.1 Å². The first-order valence-electron chi connectivity index (χ1n) is 14.0. The topological polar surface area (TPSA) is 151 Å². The Morgan fingerprint density at radius 2 is 1.86 bits per heavy atom. The second-order valence-corrected chi connectivity index (χ2v) is 13.5. The molecule has 1 amide bonds. The number of carbonyl (C=O) groups excluding carboxylic acids is 3. The number of hydrogen-bond acceptors (Lipinski definition) is 11. The number of thioether (sulfide) groups is 1. The second kappa shape index (κ2) is 12.6. The summed E-state index contributed by atoms with van der Waals surface area (Å²) in [5, 5.41) is 22.3. The molecule has 0 bridgehead atoms. The Bertz CT molecular complexity index is 1720. The van der Waals surface area contributed by atoms with Crippen molar-refractivity contribution in [1.29, 1.82) is 5.26 Å². The molecule has 2 heterocycles. The van der Waals surface area contributed by atoms with Gasteiger partial charge in [0, 0.05) is 23.4 Å². The van der Waals surface area contributed by atoms with E-state index in [1.165, 1.54) is 35.8 Å². The molecule has 3 N–H and O–H groups in total. The van der Waals surface area contributed by atoms with Crippen molar-refractivity contribution in [2.24, 2.45) is 11.1 Å². The monoisotopic (exact) mass is 628 g/mol. The van der Waals surface area contributed by atoms with Crippen LogP contribution in [-0.2, 0) is 20.7 Å². The standard InChI is InChI=1S/C32H32N6O4S2/c1-5-18-6-12-21(13-7-18)35-25(40)17-43-31-37-36-30(44-31)38-23-14-32(2,3)15-24(39)27(23)26(22(16-33)28(38)34)19-8-10-20(11-9-19)29(41)42-4/h6-13,26H,5,14-15,17,34H2,1-4H3,(H,35,40). The van der Waals surface area contributed by atoms with Crippen molar-refractivity contribution in [3.63, 3.8) is 0 Å². The molecule has 1 atom stereocenters. The van der Waals surface area contributed by atoms with Crippen LogP contribution in [0.4, 0.5) is 10.8 Å². The lowest BCUT2D eigenvalue weighted by Crippen LogP contribution is -2.42. The molecule has 44 heavy (non-hydrogen) atoms. The lowest BCUT2D eigenvalue weighted by atomic mass is 9.68. The highest BCUT2D eigenvalue weighted by Gasteiger charge is 2.45. The summed E-state index contributed by atoms with van der Waals surface area (Å²) in [6.45, 7) is 6.11. The van der Waals surface area contributed by atoms with Gasteiger partial charge in [0.2, 0.25) is 11.0 Å². The third-order valence-corrected chi connectivity index (χ3v) is 9.65. The van der Waals surface area contributed by atoms with Gasteiger partial charge in [0.05, 0.1) is 36.0 Å². The van der Waals surface area contributed by atoms with Gasteiger partial charge < -0.3 is 15.8 Å². The Labute approximate surface area is 264 Å². The van der Waals surface area contributed by atoms with Crippen LogP contribution in [0.1, 0.15) is 61.0 Å². The van der Waals surface area contributed by atoms with E-state index < -0.39 is 11.9 Å². The van der Waals surface area contributed by atoms with Gasteiger partial charge in [-0.25, -0.2) is 4.79 Å². The number of allylic oxidation sites excluding steroid dienone is 3. The van der Waals surface area contributed by atoms with Crippen LogP contribution in [-0.4, -0.2) is 40.7 Å². The summed E-state index contributed by atoms with van der Waals surface area (Å²) in [4.78, 5) is 40.0. The number of esters is 1. The van der Waals surface area contributed by atoms with E-state index in [1.807, 2.05) is 38.1 Å². The fourth-order valence-corrected chi connectivity index (χ4v) is 7.17. The van der Waals surface area contributed by atoms with Gasteiger partial charge in [0.25, 0.3) is 0 Å². The number of amides is 1. The SMILES string of the molecule is CCc1ccc(NC(=O)CSc2nnc(N3C(N)=C(C#N)C(c4ccc(C(=O)OC)cc4)C4=C3CC(C)(C)CC4=O)s2)cc1. The molecule has 5 rings (SSSR count). The van der Waals surface area contributed by atoms with Crippen LogP contribution < -0.4 is 16.0 Å². The Morgan fingerprint density at radius 3 is 2.50 bits per heavy atom. The predicted molar refractivity (Wildman–Crippen MR) is 170 cm³/mol.